The lowest BCUT2D eigenvalue weighted by atomic mass is 9.92. The van der Waals surface area contributed by atoms with Crippen LogP contribution in [0.3, 0.4) is 0 Å². The number of ketones is 1. The summed E-state index contributed by atoms with van der Waals surface area (Å²) in [6.45, 7) is 5.66. The molecule has 20 heavy (non-hydrogen) atoms. The third-order valence-electron chi connectivity index (χ3n) is 2.67. The molecule has 2 rings (SSSR count). The average molecular weight is 311 g/mol. The second kappa shape index (κ2) is 5.97. The van der Waals surface area contributed by atoms with Crippen LogP contribution in [-0.2, 0) is 4.79 Å². The Labute approximate surface area is 126 Å². The van der Waals surface area contributed by atoms with Gasteiger partial charge in [-0.15, -0.1) is 10.2 Å². The molecule has 0 aliphatic heterocycles. The van der Waals surface area contributed by atoms with Crippen molar-refractivity contribution < 1.29 is 9.21 Å². The minimum atomic E-state index is -0.363. The van der Waals surface area contributed by atoms with Crippen LogP contribution >= 0.6 is 23.4 Å². The molecule has 0 spiro atoms. The van der Waals surface area contributed by atoms with Gasteiger partial charge in [0, 0.05) is 5.41 Å². The van der Waals surface area contributed by atoms with Crippen molar-refractivity contribution in [1.29, 1.82) is 0 Å². The average Bonchev–Trinajstić information content (AvgIpc) is 2.84. The molecule has 4 nitrogen and oxygen atoms in total. The molecule has 0 saturated carbocycles. The largest absolute Gasteiger partial charge is 0.411 e. The first-order valence-corrected chi connectivity index (χ1v) is 7.49. The summed E-state index contributed by atoms with van der Waals surface area (Å²) in [5, 5.41) is 8.80. The number of benzene rings is 1. The van der Waals surface area contributed by atoms with Crippen molar-refractivity contribution in [2.45, 2.75) is 26.0 Å². The van der Waals surface area contributed by atoms with E-state index in [0.717, 1.165) is 0 Å². The van der Waals surface area contributed by atoms with Crippen molar-refractivity contribution >= 4 is 29.1 Å². The van der Waals surface area contributed by atoms with Gasteiger partial charge in [-0.2, -0.15) is 0 Å². The zero-order valence-electron chi connectivity index (χ0n) is 11.5. The fourth-order valence-electron chi connectivity index (χ4n) is 1.36. The van der Waals surface area contributed by atoms with Crippen LogP contribution < -0.4 is 0 Å². The SMILES string of the molecule is CC(C)(C)C(=O)CSc1nnc(-c2ccccc2Cl)o1. The molecule has 0 atom stereocenters. The maximum Gasteiger partial charge on any atom is 0.277 e. The van der Waals surface area contributed by atoms with Crippen molar-refractivity contribution in [3.8, 4) is 11.5 Å². The van der Waals surface area contributed by atoms with Crippen LogP contribution in [0.2, 0.25) is 5.02 Å². The number of thioether (sulfide) groups is 1. The Hall–Kier alpha value is -1.33. The Bertz CT molecular complexity index is 620. The number of hydrogen-bond acceptors (Lipinski definition) is 5. The molecule has 1 heterocycles. The Morgan fingerprint density at radius 2 is 2.00 bits per heavy atom. The Morgan fingerprint density at radius 3 is 2.65 bits per heavy atom. The first-order chi connectivity index (χ1) is 9.38. The molecule has 1 aromatic carbocycles. The van der Waals surface area contributed by atoms with Crippen molar-refractivity contribution in [3.63, 3.8) is 0 Å². The van der Waals surface area contributed by atoms with Crippen LogP contribution in [0.15, 0.2) is 33.9 Å². The molecule has 6 heteroatoms. The monoisotopic (exact) mass is 310 g/mol. The van der Waals surface area contributed by atoms with Crippen LogP contribution in [0.5, 0.6) is 0 Å². The number of carbonyl (C=O) groups excluding carboxylic acids is 1. The predicted octanol–water partition coefficient (Wildman–Crippen LogP) is 4.10. The minimum absolute atomic E-state index is 0.139. The van der Waals surface area contributed by atoms with Crippen molar-refractivity contribution in [2.24, 2.45) is 5.41 Å². The number of halogens is 1. The number of hydrogen-bond donors (Lipinski definition) is 0. The number of rotatable bonds is 4. The summed E-state index contributed by atoms with van der Waals surface area (Å²) in [4.78, 5) is 11.8. The van der Waals surface area contributed by atoms with E-state index in [-0.39, 0.29) is 11.2 Å². The van der Waals surface area contributed by atoms with Gasteiger partial charge in [-0.1, -0.05) is 56.3 Å². The smallest absolute Gasteiger partial charge is 0.277 e. The topological polar surface area (TPSA) is 56.0 Å². The summed E-state index contributed by atoms with van der Waals surface area (Å²) in [6.07, 6.45) is 0. The molecule has 0 amide bonds. The van der Waals surface area contributed by atoms with Crippen LogP contribution in [0, 0.1) is 5.41 Å². The van der Waals surface area contributed by atoms with Crippen LogP contribution in [0.4, 0.5) is 0 Å². The minimum Gasteiger partial charge on any atom is -0.411 e. The molecule has 0 unspecified atom stereocenters. The van der Waals surface area contributed by atoms with E-state index < -0.39 is 0 Å². The number of aromatic nitrogens is 2. The number of carbonyl (C=O) groups is 1. The van der Waals surface area contributed by atoms with E-state index >= 15 is 0 Å². The number of Topliss-reactive ketones (excluding diaryl/α,β-unsaturated/α-hetero) is 1. The molecule has 0 bridgehead atoms. The van der Waals surface area contributed by atoms with Gasteiger partial charge in [0.15, 0.2) is 0 Å². The molecule has 1 aromatic heterocycles. The van der Waals surface area contributed by atoms with Crippen molar-refractivity contribution in [2.75, 3.05) is 5.75 Å². The van der Waals surface area contributed by atoms with Crippen molar-refractivity contribution in [1.82, 2.24) is 10.2 Å². The molecule has 0 N–H and O–H groups in total. The quantitative estimate of drug-likeness (QED) is 0.796. The van der Waals surface area contributed by atoms with Gasteiger partial charge in [-0.3, -0.25) is 4.79 Å². The second-order valence-electron chi connectivity index (χ2n) is 5.31. The lowest BCUT2D eigenvalue weighted by molar-refractivity contribution is -0.123. The van der Waals surface area contributed by atoms with E-state index in [4.69, 9.17) is 16.0 Å². The highest BCUT2D eigenvalue weighted by Gasteiger charge is 2.22. The second-order valence-corrected chi connectivity index (χ2v) is 6.65. The van der Waals surface area contributed by atoms with Gasteiger partial charge in [-0.25, -0.2) is 0 Å². The van der Waals surface area contributed by atoms with Gasteiger partial charge in [0.2, 0.25) is 5.89 Å². The zero-order chi connectivity index (χ0) is 14.8. The Balaban J connectivity index is 2.07. The van der Waals surface area contributed by atoms with E-state index in [0.29, 0.717) is 27.5 Å². The van der Waals surface area contributed by atoms with Crippen LogP contribution in [0.25, 0.3) is 11.5 Å². The third kappa shape index (κ3) is 3.61. The Morgan fingerprint density at radius 1 is 1.30 bits per heavy atom. The molecule has 0 fully saturated rings. The number of nitrogens with zero attached hydrogens (tertiary/aromatic N) is 2. The molecular formula is C14H15ClN2O2S. The van der Waals surface area contributed by atoms with Crippen LogP contribution in [-0.4, -0.2) is 21.7 Å². The van der Waals surface area contributed by atoms with Crippen molar-refractivity contribution in [3.05, 3.63) is 29.3 Å². The fourth-order valence-corrected chi connectivity index (χ4v) is 2.50. The summed E-state index contributed by atoms with van der Waals surface area (Å²) < 4.78 is 5.52. The lowest BCUT2D eigenvalue weighted by Crippen LogP contribution is -2.21. The van der Waals surface area contributed by atoms with E-state index in [2.05, 4.69) is 10.2 Å². The highest BCUT2D eigenvalue weighted by molar-refractivity contribution is 7.99. The fraction of sp³-hybridized carbons (Fsp3) is 0.357. The maximum atomic E-state index is 11.8. The molecular weight excluding hydrogens is 296 g/mol. The standard InChI is InChI=1S/C14H15ClN2O2S/c1-14(2,3)11(18)8-20-13-17-16-12(19-13)9-6-4-5-7-10(9)15/h4-7H,8H2,1-3H3. The van der Waals surface area contributed by atoms with E-state index in [1.807, 2.05) is 39.0 Å². The highest BCUT2D eigenvalue weighted by atomic mass is 35.5. The van der Waals surface area contributed by atoms with Gasteiger partial charge < -0.3 is 4.42 Å². The highest BCUT2D eigenvalue weighted by Crippen LogP contribution is 2.29. The molecule has 106 valence electrons. The van der Waals surface area contributed by atoms with Gasteiger partial charge in [0.25, 0.3) is 5.22 Å². The molecule has 0 radical (unpaired) electrons. The summed E-state index contributed by atoms with van der Waals surface area (Å²) in [5.41, 5.74) is 0.328. The molecule has 0 aliphatic carbocycles. The summed E-state index contributed by atoms with van der Waals surface area (Å²) in [5.74, 6) is 0.814. The van der Waals surface area contributed by atoms with Gasteiger partial charge >= 0.3 is 0 Å². The normalized spacial score (nSPS) is 11.6. The Kier molecular flexibility index (Phi) is 4.50. The first kappa shape index (κ1) is 15.1. The molecule has 0 aliphatic rings. The zero-order valence-corrected chi connectivity index (χ0v) is 13.1. The summed E-state index contributed by atoms with van der Waals surface area (Å²) in [6, 6.07) is 7.25. The van der Waals surface area contributed by atoms with Gasteiger partial charge in [-0.05, 0) is 12.1 Å². The van der Waals surface area contributed by atoms with E-state index in [9.17, 15) is 4.79 Å². The summed E-state index contributed by atoms with van der Waals surface area (Å²) >= 11 is 7.31. The van der Waals surface area contributed by atoms with Gasteiger partial charge in [0.05, 0.1) is 16.3 Å². The maximum absolute atomic E-state index is 11.8. The van der Waals surface area contributed by atoms with E-state index in [1.165, 1.54) is 11.8 Å². The molecule has 0 saturated heterocycles. The van der Waals surface area contributed by atoms with E-state index in [1.54, 1.807) is 6.07 Å². The lowest BCUT2D eigenvalue weighted by Gasteiger charge is -2.14. The molecule has 2 aromatic rings. The predicted molar refractivity (Wildman–Crippen MR) is 79.9 cm³/mol. The van der Waals surface area contributed by atoms with Gasteiger partial charge in [0.1, 0.15) is 5.78 Å². The first-order valence-electron chi connectivity index (χ1n) is 6.12. The summed E-state index contributed by atoms with van der Waals surface area (Å²) in [7, 11) is 0. The third-order valence-corrected chi connectivity index (χ3v) is 3.82. The van der Waals surface area contributed by atoms with Crippen LogP contribution in [0.1, 0.15) is 20.8 Å².